The van der Waals surface area contributed by atoms with Crippen molar-refractivity contribution in [2.75, 3.05) is 4.90 Å². The van der Waals surface area contributed by atoms with Crippen LogP contribution in [0.25, 0.3) is 10.2 Å². The average Bonchev–Trinajstić information content (AvgIpc) is 3.01. The molecule has 28 heavy (non-hydrogen) atoms. The van der Waals surface area contributed by atoms with Crippen molar-refractivity contribution >= 4 is 62.3 Å². The number of aliphatic carboxylic acids is 1. The smallest absolute Gasteiger partial charge is 0.307 e. The summed E-state index contributed by atoms with van der Waals surface area (Å²) in [6.07, 6.45) is -1.50. The van der Waals surface area contributed by atoms with Gasteiger partial charge in [0, 0.05) is 5.02 Å². The number of benzene rings is 2. The molecule has 2 aromatic carbocycles. The Balaban J connectivity index is 1.76. The number of fused-ring (bicyclic) bond motifs is 2. The molecule has 0 bridgehead atoms. The molecule has 0 aliphatic carbocycles. The van der Waals surface area contributed by atoms with Crippen molar-refractivity contribution < 1.29 is 19.4 Å². The van der Waals surface area contributed by atoms with Gasteiger partial charge in [-0.2, -0.15) is 0 Å². The molecular weight excluding hydrogens is 423 g/mol. The Bertz CT molecular complexity index is 1110. The summed E-state index contributed by atoms with van der Waals surface area (Å²) in [7, 11) is 0. The molecule has 0 saturated carbocycles. The number of ether oxygens (including phenoxy) is 1. The lowest BCUT2D eigenvalue weighted by molar-refractivity contribution is -0.142. The predicted octanol–water partition coefficient (Wildman–Crippen LogP) is 4.68. The quantitative estimate of drug-likeness (QED) is 0.641. The third-order valence-electron chi connectivity index (χ3n) is 4.39. The van der Waals surface area contributed by atoms with Crippen LogP contribution >= 0.6 is 34.5 Å². The van der Waals surface area contributed by atoms with Crippen LogP contribution in [-0.4, -0.2) is 28.1 Å². The molecule has 144 valence electrons. The fourth-order valence-electron chi connectivity index (χ4n) is 3.21. The molecule has 6 nitrogen and oxygen atoms in total. The van der Waals surface area contributed by atoms with Crippen LogP contribution in [0.15, 0.2) is 30.3 Å². The van der Waals surface area contributed by atoms with Gasteiger partial charge in [0.1, 0.15) is 16.3 Å². The molecule has 0 saturated heterocycles. The van der Waals surface area contributed by atoms with Gasteiger partial charge in [0.25, 0.3) is 5.91 Å². The first-order chi connectivity index (χ1) is 13.3. The molecule has 0 radical (unpaired) electrons. The van der Waals surface area contributed by atoms with Crippen molar-refractivity contribution in [2.24, 2.45) is 0 Å². The van der Waals surface area contributed by atoms with E-state index in [0.29, 0.717) is 32.0 Å². The van der Waals surface area contributed by atoms with E-state index in [1.807, 2.05) is 13.0 Å². The molecule has 1 N–H and O–H groups in total. The summed E-state index contributed by atoms with van der Waals surface area (Å²) >= 11 is 13.7. The van der Waals surface area contributed by atoms with Crippen molar-refractivity contribution in [3.63, 3.8) is 0 Å². The lowest BCUT2D eigenvalue weighted by Gasteiger charge is -2.34. The molecule has 1 unspecified atom stereocenters. The second kappa shape index (κ2) is 7.24. The Hall–Kier alpha value is -2.35. The van der Waals surface area contributed by atoms with Gasteiger partial charge >= 0.3 is 5.97 Å². The van der Waals surface area contributed by atoms with Gasteiger partial charge in [0.2, 0.25) is 0 Å². The molecule has 1 aliphatic rings. The second-order valence-corrected chi connectivity index (χ2v) is 8.35. The zero-order valence-electron chi connectivity index (χ0n) is 14.6. The van der Waals surface area contributed by atoms with Crippen LogP contribution in [0.2, 0.25) is 10.0 Å². The molecule has 9 heteroatoms. The first-order valence-corrected chi connectivity index (χ1v) is 9.94. The van der Waals surface area contributed by atoms with Crippen LogP contribution in [0.3, 0.4) is 0 Å². The molecule has 1 amide bonds. The number of carboxylic acid groups (broad SMARTS) is 1. The van der Waals surface area contributed by atoms with Gasteiger partial charge in [0.05, 0.1) is 28.4 Å². The third-order valence-corrected chi connectivity index (χ3v) is 5.89. The van der Waals surface area contributed by atoms with E-state index in [9.17, 15) is 9.59 Å². The van der Waals surface area contributed by atoms with E-state index in [-0.39, 0.29) is 6.54 Å². The number of aromatic nitrogens is 1. The molecular formula is C19H14Cl2N2O4S. The number of carboxylic acids is 1. The van der Waals surface area contributed by atoms with Crippen molar-refractivity contribution in [3.8, 4) is 5.75 Å². The Morgan fingerprint density at radius 1 is 1.36 bits per heavy atom. The molecule has 1 atom stereocenters. The van der Waals surface area contributed by atoms with Crippen molar-refractivity contribution in [1.29, 1.82) is 0 Å². The molecule has 0 fully saturated rings. The van der Waals surface area contributed by atoms with Crippen LogP contribution < -0.4 is 9.64 Å². The Labute approximate surface area is 174 Å². The second-order valence-electron chi connectivity index (χ2n) is 6.39. The maximum atomic E-state index is 13.0. The Kier molecular flexibility index (Phi) is 4.91. The summed E-state index contributed by atoms with van der Waals surface area (Å²) in [5, 5.41) is 10.7. The summed E-state index contributed by atoms with van der Waals surface area (Å²) < 4.78 is 6.49. The number of para-hydroxylation sites is 1. The van der Waals surface area contributed by atoms with Crippen LogP contribution in [0, 0.1) is 6.92 Å². The number of rotatable bonds is 4. The van der Waals surface area contributed by atoms with Gasteiger partial charge in [-0.15, -0.1) is 11.3 Å². The van der Waals surface area contributed by atoms with Crippen LogP contribution in [0.5, 0.6) is 5.75 Å². The maximum Gasteiger partial charge on any atom is 0.307 e. The lowest BCUT2D eigenvalue weighted by atomic mass is 10.1. The molecule has 2 heterocycles. The zero-order valence-corrected chi connectivity index (χ0v) is 16.9. The van der Waals surface area contributed by atoms with E-state index in [2.05, 4.69) is 4.98 Å². The summed E-state index contributed by atoms with van der Waals surface area (Å²) in [5.41, 5.74) is 2.10. The highest BCUT2D eigenvalue weighted by atomic mass is 35.5. The first kappa shape index (κ1) is 19.0. The first-order valence-electron chi connectivity index (χ1n) is 8.37. The highest BCUT2D eigenvalue weighted by molar-refractivity contribution is 7.18. The molecule has 0 spiro atoms. The van der Waals surface area contributed by atoms with Gasteiger partial charge in [-0.1, -0.05) is 35.3 Å². The van der Waals surface area contributed by atoms with E-state index >= 15 is 0 Å². The number of hydrogen-bond acceptors (Lipinski definition) is 5. The molecule has 1 aliphatic heterocycles. The summed E-state index contributed by atoms with van der Waals surface area (Å²) in [6.45, 7) is 2.05. The highest BCUT2D eigenvalue weighted by Gasteiger charge is 2.37. The van der Waals surface area contributed by atoms with E-state index in [1.165, 1.54) is 16.2 Å². The van der Waals surface area contributed by atoms with E-state index in [1.54, 1.807) is 24.3 Å². The van der Waals surface area contributed by atoms with Gasteiger partial charge in [0.15, 0.2) is 6.10 Å². The molecule has 1 aromatic heterocycles. The SMILES string of the molecule is Cc1cccc2c1N(Cc1nc3c(Cl)cc(Cl)cc3s1)C(=O)C(CC(=O)O)O2. The molecule has 3 aromatic rings. The number of aryl methyl sites for hydroxylation is 1. The van der Waals surface area contributed by atoms with Crippen LogP contribution in [-0.2, 0) is 16.1 Å². The minimum absolute atomic E-state index is 0.184. The van der Waals surface area contributed by atoms with E-state index < -0.39 is 24.4 Å². The number of halogens is 2. The van der Waals surface area contributed by atoms with Gasteiger partial charge < -0.3 is 9.84 Å². The van der Waals surface area contributed by atoms with Gasteiger partial charge in [-0.25, -0.2) is 4.98 Å². The van der Waals surface area contributed by atoms with Crippen molar-refractivity contribution in [3.05, 3.63) is 50.9 Å². The fraction of sp³-hybridized carbons (Fsp3) is 0.211. The number of anilines is 1. The zero-order chi connectivity index (χ0) is 20.0. The summed E-state index contributed by atoms with van der Waals surface area (Å²) in [6, 6.07) is 8.80. The summed E-state index contributed by atoms with van der Waals surface area (Å²) in [5.74, 6) is -1.03. The van der Waals surface area contributed by atoms with Crippen LogP contribution in [0.1, 0.15) is 17.0 Å². The Morgan fingerprint density at radius 2 is 2.14 bits per heavy atom. The largest absolute Gasteiger partial charge is 0.481 e. The van der Waals surface area contributed by atoms with Crippen molar-refractivity contribution in [1.82, 2.24) is 4.98 Å². The number of carbonyl (C=O) groups excluding carboxylic acids is 1. The van der Waals surface area contributed by atoms with Gasteiger partial charge in [-0.05, 0) is 30.7 Å². The summed E-state index contributed by atoms with van der Waals surface area (Å²) in [4.78, 5) is 30.2. The maximum absolute atomic E-state index is 13.0. The number of carbonyl (C=O) groups is 2. The molecule has 4 rings (SSSR count). The average molecular weight is 437 g/mol. The fourth-order valence-corrected chi connectivity index (χ4v) is 4.89. The highest BCUT2D eigenvalue weighted by Crippen LogP contribution is 2.39. The van der Waals surface area contributed by atoms with E-state index in [0.717, 1.165) is 10.3 Å². The minimum Gasteiger partial charge on any atom is -0.481 e. The topological polar surface area (TPSA) is 79.7 Å². The predicted molar refractivity (Wildman–Crippen MR) is 109 cm³/mol. The number of nitrogens with zero attached hydrogens (tertiary/aromatic N) is 2. The lowest BCUT2D eigenvalue weighted by Crippen LogP contribution is -2.46. The third kappa shape index (κ3) is 3.41. The van der Waals surface area contributed by atoms with E-state index in [4.69, 9.17) is 33.0 Å². The van der Waals surface area contributed by atoms with Crippen LogP contribution in [0.4, 0.5) is 5.69 Å². The Morgan fingerprint density at radius 3 is 2.89 bits per heavy atom. The minimum atomic E-state index is -1.10. The number of hydrogen-bond donors (Lipinski definition) is 1. The number of thiazole rings is 1. The normalized spacial score (nSPS) is 16.2. The van der Waals surface area contributed by atoms with Crippen molar-refractivity contribution in [2.45, 2.75) is 26.0 Å². The standard InChI is InChI=1S/C19H14Cl2N2O4S/c1-9-3-2-4-12-18(9)23(19(26)13(27-12)7-16(24)25)8-15-22-17-11(21)5-10(20)6-14(17)28-15/h2-6,13H,7-8H2,1H3,(H,24,25). The number of amides is 1. The van der Waals surface area contributed by atoms with Gasteiger partial charge in [-0.3, -0.25) is 14.5 Å². The monoisotopic (exact) mass is 436 g/mol.